The Morgan fingerprint density at radius 2 is 1.64 bits per heavy atom. The average molecular weight is 641 g/mol. The Balaban J connectivity index is 1.63. The standard InChI is InChI=1S/C25H23Br2NO7S/c1-15(2)19-13-18(8-9-22(19)29)35-24-20(26)10-16(11-21(24)27)12-23(30)28-36(32,33)14-34-25(31)17-6-4-3-5-7-17/h3-11,13,15,29H,12,14H2,1-2H3,(H,28,30). The molecule has 0 fully saturated rings. The van der Waals surface area contributed by atoms with Gasteiger partial charge in [0.2, 0.25) is 11.8 Å². The lowest BCUT2D eigenvalue weighted by molar-refractivity contribution is -0.118. The quantitative estimate of drug-likeness (QED) is 0.291. The van der Waals surface area contributed by atoms with Gasteiger partial charge in [-0.25, -0.2) is 17.9 Å². The van der Waals surface area contributed by atoms with E-state index in [1.165, 1.54) is 12.1 Å². The second kappa shape index (κ2) is 11.9. The molecule has 1 amide bonds. The summed E-state index contributed by atoms with van der Waals surface area (Å²) in [7, 11) is -4.20. The van der Waals surface area contributed by atoms with Gasteiger partial charge < -0.3 is 14.6 Å². The van der Waals surface area contributed by atoms with Crippen LogP contribution in [0.2, 0.25) is 0 Å². The zero-order valence-electron chi connectivity index (χ0n) is 19.3. The second-order valence-electron chi connectivity index (χ2n) is 8.10. The van der Waals surface area contributed by atoms with Crippen LogP contribution in [-0.2, 0) is 26.0 Å². The molecular formula is C25H23Br2NO7S. The van der Waals surface area contributed by atoms with Crippen molar-refractivity contribution in [2.45, 2.75) is 26.2 Å². The minimum absolute atomic E-state index is 0.0967. The normalized spacial score (nSPS) is 11.2. The van der Waals surface area contributed by atoms with E-state index in [2.05, 4.69) is 31.9 Å². The highest BCUT2D eigenvalue weighted by molar-refractivity contribution is 9.11. The van der Waals surface area contributed by atoms with Gasteiger partial charge in [-0.2, -0.15) is 0 Å². The van der Waals surface area contributed by atoms with Gasteiger partial charge in [0.05, 0.1) is 20.9 Å². The van der Waals surface area contributed by atoms with Crippen molar-refractivity contribution in [1.82, 2.24) is 4.72 Å². The number of carbonyl (C=O) groups excluding carboxylic acids is 2. The summed E-state index contributed by atoms with van der Waals surface area (Å²) < 4.78 is 38.1. The van der Waals surface area contributed by atoms with Gasteiger partial charge in [-0.3, -0.25) is 4.79 Å². The van der Waals surface area contributed by atoms with Crippen LogP contribution in [0, 0.1) is 0 Å². The van der Waals surface area contributed by atoms with Gasteiger partial charge in [0.25, 0.3) is 10.0 Å². The molecule has 0 aliphatic rings. The zero-order valence-corrected chi connectivity index (χ0v) is 23.3. The van der Waals surface area contributed by atoms with Gasteiger partial charge in [0.1, 0.15) is 11.5 Å². The Kier molecular flexibility index (Phi) is 9.15. The van der Waals surface area contributed by atoms with E-state index >= 15 is 0 Å². The molecule has 11 heteroatoms. The summed E-state index contributed by atoms with van der Waals surface area (Å²) in [5.74, 6) is -1.36. The Labute approximate surface area is 225 Å². The number of phenolic OH excluding ortho intramolecular Hbond substituents is 1. The molecule has 0 spiro atoms. The molecule has 0 aromatic heterocycles. The number of benzene rings is 3. The first kappa shape index (κ1) is 27.7. The van der Waals surface area contributed by atoms with E-state index < -0.39 is 27.8 Å². The summed E-state index contributed by atoms with van der Waals surface area (Å²) in [6, 6.07) is 16.1. The van der Waals surface area contributed by atoms with Gasteiger partial charge in [-0.05, 0) is 85.8 Å². The summed E-state index contributed by atoms with van der Waals surface area (Å²) in [5, 5.41) is 10.0. The molecule has 0 aliphatic heterocycles. The van der Waals surface area contributed by atoms with E-state index in [-0.39, 0.29) is 23.7 Å². The van der Waals surface area contributed by atoms with E-state index in [0.29, 0.717) is 26.0 Å². The van der Waals surface area contributed by atoms with Crippen molar-refractivity contribution in [3.8, 4) is 17.2 Å². The molecule has 3 rings (SSSR count). The van der Waals surface area contributed by atoms with Gasteiger partial charge >= 0.3 is 5.97 Å². The molecule has 0 heterocycles. The molecular weight excluding hydrogens is 618 g/mol. The maximum atomic E-state index is 12.4. The molecule has 0 unspecified atom stereocenters. The van der Waals surface area contributed by atoms with Crippen LogP contribution in [0.5, 0.6) is 17.2 Å². The molecule has 0 bridgehead atoms. The summed E-state index contributed by atoms with van der Waals surface area (Å²) in [6.45, 7) is 3.91. The van der Waals surface area contributed by atoms with Crippen molar-refractivity contribution < 1.29 is 32.6 Å². The van der Waals surface area contributed by atoms with Crippen LogP contribution in [0.1, 0.15) is 41.3 Å². The average Bonchev–Trinajstić information content (AvgIpc) is 2.81. The van der Waals surface area contributed by atoms with E-state index in [1.54, 1.807) is 48.5 Å². The first-order valence-electron chi connectivity index (χ1n) is 10.7. The Morgan fingerprint density at radius 3 is 2.25 bits per heavy atom. The second-order valence-corrected chi connectivity index (χ2v) is 11.5. The number of aromatic hydroxyl groups is 1. The highest BCUT2D eigenvalue weighted by atomic mass is 79.9. The lowest BCUT2D eigenvalue weighted by atomic mass is 10.0. The Bertz CT molecular complexity index is 1350. The van der Waals surface area contributed by atoms with Crippen LogP contribution >= 0.6 is 31.9 Å². The van der Waals surface area contributed by atoms with Crippen molar-refractivity contribution in [1.29, 1.82) is 0 Å². The maximum absolute atomic E-state index is 12.4. The zero-order chi connectivity index (χ0) is 26.5. The molecule has 190 valence electrons. The summed E-state index contributed by atoms with van der Waals surface area (Å²) in [6.07, 6.45) is -0.250. The van der Waals surface area contributed by atoms with Crippen LogP contribution in [0.4, 0.5) is 0 Å². The minimum Gasteiger partial charge on any atom is -0.508 e. The largest absolute Gasteiger partial charge is 0.508 e. The summed E-state index contributed by atoms with van der Waals surface area (Å²) >= 11 is 6.84. The fourth-order valence-corrected chi connectivity index (χ4v) is 5.38. The maximum Gasteiger partial charge on any atom is 0.339 e. The fourth-order valence-electron chi connectivity index (χ4n) is 3.20. The molecule has 0 radical (unpaired) electrons. The number of ether oxygens (including phenoxy) is 2. The Morgan fingerprint density at radius 1 is 1.00 bits per heavy atom. The number of halogens is 2. The first-order valence-corrected chi connectivity index (χ1v) is 13.9. The number of esters is 1. The summed E-state index contributed by atoms with van der Waals surface area (Å²) in [4.78, 5) is 24.3. The number of sulfonamides is 1. The third-order valence-electron chi connectivity index (χ3n) is 4.89. The van der Waals surface area contributed by atoms with E-state index in [4.69, 9.17) is 9.47 Å². The lowest BCUT2D eigenvalue weighted by Gasteiger charge is -2.15. The minimum atomic E-state index is -4.20. The van der Waals surface area contributed by atoms with Crippen molar-refractivity contribution in [3.63, 3.8) is 0 Å². The van der Waals surface area contributed by atoms with Gasteiger partial charge in [-0.1, -0.05) is 32.0 Å². The predicted molar refractivity (Wildman–Crippen MR) is 142 cm³/mol. The third-order valence-corrected chi connectivity index (χ3v) is 7.03. The number of hydrogen-bond acceptors (Lipinski definition) is 7. The number of hydrogen-bond donors (Lipinski definition) is 2. The molecule has 0 saturated carbocycles. The van der Waals surface area contributed by atoms with Crippen molar-refractivity contribution in [2.75, 3.05) is 5.94 Å². The van der Waals surface area contributed by atoms with Gasteiger partial charge in [-0.15, -0.1) is 0 Å². The number of phenols is 1. The topological polar surface area (TPSA) is 119 Å². The van der Waals surface area contributed by atoms with Crippen molar-refractivity contribution >= 4 is 53.8 Å². The molecule has 8 nitrogen and oxygen atoms in total. The monoisotopic (exact) mass is 639 g/mol. The smallest absolute Gasteiger partial charge is 0.339 e. The number of nitrogens with one attached hydrogen (secondary N) is 1. The molecule has 2 N–H and O–H groups in total. The predicted octanol–water partition coefficient (Wildman–Crippen LogP) is 5.64. The van der Waals surface area contributed by atoms with E-state index in [1.807, 2.05) is 18.6 Å². The van der Waals surface area contributed by atoms with Crippen LogP contribution in [-0.4, -0.2) is 31.3 Å². The third kappa shape index (κ3) is 7.55. The summed E-state index contributed by atoms with van der Waals surface area (Å²) in [5.41, 5.74) is 1.44. The van der Waals surface area contributed by atoms with Crippen molar-refractivity contribution in [3.05, 3.63) is 86.3 Å². The van der Waals surface area contributed by atoms with Crippen LogP contribution in [0.15, 0.2) is 69.6 Å². The number of amides is 1. The first-order chi connectivity index (χ1) is 16.9. The number of carbonyl (C=O) groups is 2. The Hall–Kier alpha value is -2.89. The molecule has 3 aromatic carbocycles. The van der Waals surface area contributed by atoms with E-state index in [9.17, 15) is 23.1 Å². The highest BCUT2D eigenvalue weighted by Gasteiger charge is 2.20. The van der Waals surface area contributed by atoms with Crippen LogP contribution in [0.25, 0.3) is 0 Å². The van der Waals surface area contributed by atoms with Gasteiger partial charge in [0, 0.05) is 5.56 Å². The highest BCUT2D eigenvalue weighted by Crippen LogP contribution is 2.39. The van der Waals surface area contributed by atoms with Gasteiger partial charge in [0.15, 0.2) is 5.75 Å². The molecule has 36 heavy (non-hydrogen) atoms. The number of rotatable bonds is 9. The van der Waals surface area contributed by atoms with Crippen LogP contribution < -0.4 is 9.46 Å². The fraction of sp³-hybridized carbons (Fsp3) is 0.200. The van der Waals surface area contributed by atoms with Crippen LogP contribution in [0.3, 0.4) is 0 Å². The molecule has 3 aromatic rings. The molecule has 0 aliphatic carbocycles. The molecule has 0 atom stereocenters. The van der Waals surface area contributed by atoms with Crippen molar-refractivity contribution in [2.24, 2.45) is 0 Å². The van der Waals surface area contributed by atoms with E-state index in [0.717, 1.165) is 5.56 Å². The lowest BCUT2D eigenvalue weighted by Crippen LogP contribution is -2.35. The SMILES string of the molecule is CC(C)c1cc(Oc2c(Br)cc(CC(=O)NS(=O)(=O)COC(=O)c3ccccc3)cc2Br)ccc1O. The molecule has 0 saturated heterocycles.